The number of halogens is 2. The Morgan fingerprint density at radius 2 is 0.705 bits per heavy atom. The van der Waals surface area contributed by atoms with Gasteiger partial charge in [0, 0.05) is 120 Å². The topological polar surface area (TPSA) is 378 Å². The molecule has 1 fully saturated rings. The highest BCUT2D eigenvalue weighted by molar-refractivity contribution is 7.78. The zero-order valence-corrected chi connectivity index (χ0v) is 93.2. The molecule has 7 N–H and O–H groups in total. The second-order valence-electron chi connectivity index (χ2n) is 36.4. The summed E-state index contributed by atoms with van der Waals surface area (Å²) in [7, 11) is 7.42. The Labute approximate surface area is 895 Å². The molecule has 0 radical (unpaired) electrons. The van der Waals surface area contributed by atoms with Crippen molar-refractivity contribution in [3.05, 3.63) is 298 Å². The summed E-state index contributed by atoms with van der Waals surface area (Å²) < 4.78 is 68.9. The fourth-order valence-electron chi connectivity index (χ4n) is 16.0. The van der Waals surface area contributed by atoms with Crippen LogP contribution in [0.4, 0.5) is 0 Å². The number of rotatable bonds is 56. The number of nitriles is 1. The largest absolute Gasteiger partial charge is 0.497 e. The van der Waals surface area contributed by atoms with Gasteiger partial charge in [-0.1, -0.05) is 164 Å². The van der Waals surface area contributed by atoms with Crippen molar-refractivity contribution in [1.82, 2.24) is 14.4 Å². The second kappa shape index (κ2) is 72.7. The number of benzene rings is 9. The Morgan fingerprint density at radius 3 is 0.987 bits per heavy atom. The van der Waals surface area contributed by atoms with E-state index in [0.29, 0.717) is 102 Å². The van der Waals surface area contributed by atoms with Crippen molar-refractivity contribution >= 4 is 74.2 Å². The molecule has 9 aromatic rings. The van der Waals surface area contributed by atoms with Gasteiger partial charge in [0.2, 0.25) is 14.2 Å². The number of carbonyl (C=O) groups excluding carboxylic acids is 6. The third-order valence-corrected chi connectivity index (χ3v) is 29.0. The molecule has 814 valence electrons. The molecule has 149 heavy (non-hydrogen) atoms. The van der Waals surface area contributed by atoms with Gasteiger partial charge in [0.15, 0.2) is 0 Å². The number of ketones is 3. The Morgan fingerprint density at radius 1 is 0.416 bits per heavy atom. The van der Waals surface area contributed by atoms with Crippen molar-refractivity contribution in [3.8, 4) is 40.6 Å². The molecule has 1 aliphatic rings. The lowest BCUT2D eigenvalue weighted by Crippen LogP contribution is -2.36. The van der Waals surface area contributed by atoms with Gasteiger partial charge in [0.25, 0.3) is 20.3 Å². The standard InChI is InChI=1S/C38H51N2O6P.C29H34O5.C21H19ClO2.C9H18ClN2OP.C8H16O3.C6H7NO4.C5H13NO2/c1-29(2)40(30(3)4)47(45-26-12-25-39)46-28-32(14-11-13-31(5)41)27-44-38(33-15-9-8-10-16-33,34-17-21-36(42-6)22-18-34)35-19-23-37(43-7)24-20-35;1-22(31)8-7-9-23(20-30)21-34-29(24-10-5-4-6-11-24,25-12-16-27(32-2)17-13-25)26-14-18-28(33-3)19-15-26;1-23-19-12-8-17(9-13-19)21(22,16-6-4-3-5-7-16)18-10-14-20(24-2)15-11-18;1-8(2)12(9(3)4)14(10)13-7-6-11-5;1-7(11)3-2-4-8(5-9)6-10;1-4(8)11-7-5(9)2-3-6(7)10;6-2-1-5(3-7)4-8/h8-10,15-24,29-30,32H,11-14,26-28H2,1-7H3;4-6,10-19,23,30H,7-9,20-21H2,1-3H3;3-15H,1-2H3;8-9H,6-7H2,1-4H3;8-10H,2-6H2,1H3;2-3H2,1H3;5,7-8H,1-4,6H2. The van der Waals surface area contributed by atoms with Gasteiger partial charge in [-0.25, -0.2) is 20.7 Å². The highest BCUT2D eigenvalue weighted by Crippen LogP contribution is 2.51. The zero-order chi connectivity index (χ0) is 110. The van der Waals surface area contributed by atoms with Gasteiger partial charge in [-0.05, 0) is 262 Å². The Hall–Kier alpha value is -10.7. The van der Waals surface area contributed by atoms with Crippen LogP contribution in [0.1, 0.15) is 217 Å². The van der Waals surface area contributed by atoms with Crippen LogP contribution in [-0.2, 0) is 72.7 Å². The molecular weight excluding hydrogens is 1980 g/mol. The number of nitrogens with two attached hydrogens (primary N) is 1. The predicted octanol–water partition coefficient (Wildman–Crippen LogP) is 21.7. The van der Waals surface area contributed by atoms with Crippen LogP contribution >= 0.6 is 39.0 Å². The first-order chi connectivity index (χ1) is 71.5. The number of aliphatic hydroxyl groups excluding tert-OH is 5. The lowest BCUT2D eigenvalue weighted by molar-refractivity contribution is -0.195. The molecule has 0 saturated carbocycles. The number of hydroxylamine groups is 2. The van der Waals surface area contributed by atoms with Crippen molar-refractivity contribution in [2.75, 3.05) is 122 Å². The van der Waals surface area contributed by atoms with Gasteiger partial charge in [0.1, 0.15) is 74.5 Å². The number of amides is 2. The van der Waals surface area contributed by atoms with Crippen LogP contribution in [0.25, 0.3) is 4.85 Å². The summed E-state index contributed by atoms with van der Waals surface area (Å²) in [6.07, 6.45) is 7.21. The van der Waals surface area contributed by atoms with E-state index in [4.69, 9.17) is 112 Å². The summed E-state index contributed by atoms with van der Waals surface area (Å²) in [6.45, 7) is 32.2. The number of hydrogen-bond donors (Lipinski definition) is 6. The molecule has 29 nitrogen and oxygen atoms in total. The van der Waals surface area contributed by atoms with E-state index >= 15 is 0 Å². The molecule has 4 unspecified atom stereocenters. The van der Waals surface area contributed by atoms with E-state index < -0.39 is 50.0 Å². The predicted molar refractivity (Wildman–Crippen MR) is 588 cm³/mol. The molecule has 10 rings (SSSR count). The molecule has 9 aromatic carbocycles. The van der Waals surface area contributed by atoms with E-state index in [1.807, 2.05) is 212 Å². The minimum atomic E-state index is -1.42. The Balaban J connectivity index is 0.000000395. The zero-order valence-electron chi connectivity index (χ0n) is 89.9. The monoisotopic (exact) mass is 2140 g/mol. The number of carbonyl (C=O) groups is 6. The van der Waals surface area contributed by atoms with Gasteiger partial charge < -0.3 is 107 Å². The van der Waals surface area contributed by atoms with Crippen LogP contribution in [0.5, 0.6) is 34.5 Å². The summed E-state index contributed by atoms with van der Waals surface area (Å²) in [5, 5.41) is 53.9. The van der Waals surface area contributed by atoms with E-state index in [1.165, 1.54) is 0 Å². The van der Waals surface area contributed by atoms with Crippen molar-refractivity contribution < 1.29 is 111 Å². The lowest BCUT2D eigenvalue weighted by atomic mass is 9.79. The van der Waals surface area contributed by atoms with E-state index in [0.717, 1.165) is 124 Å². The van der Waals surface area contributed by atoms with Crippen molar-refractivity contribution in [3.63, 3.8) is 0 Å². The third kappa shape index (κ3) is 44.3. The normalized spacial score (nSPS) is 12.6. The van der Waals surface area contributed by atoms with Crippen LogP contribution < -0.4 is 34.2 Å². The Bertz CT molecular complexity index is 5130. The molecule has 33 heteroatoms. The number of aliphatic hydroxyl groups is 5. The summed E-state index contributed by atoms with van der Waals surface area (Å²) in [6, 6.07) is 81.1. The Kier molecular flexibility index (Phi) is 63.7. The number of alkyl halides is 1. The van der Waals surface area contributed by atoms with Crippen LogP contribution in [0.3, 0.4) is 0 Å². The molecule has 2 amide bonds. The van der Waals surface area contributed by atoms with E-state index in [9.17, 15) is 33.9 Å². The first kappa shape index (κ1) is 131. The number of ether oxygens (including phenoxy) is 8. The van der Waals surface area contributed by atoms with Crippen LogP contribution in [-0.4, -0.2) is 221 Å². The van der Waals surface area contributed by atoms with Crippen molar-refractivity contribution in [2.24, 2.45) is 29.4 Å². The first-order valence-electron chi connectivity index (χ1n) is 50.2. The number of nitrogens with zero attached hydrogens (tertiary/aromatic N) is 5. The smallest absolute Gasteiger partial charge is 0.330 e. The molecule has 4 atom stereocenters. The average molecular weight is 2140 g/mol. The van der Waals surface area contributed by atoms with Gasteiger partial charge in [-0.15, -0.1) is 16.7 Å². The molecule has 0 bridgehead atoms. The first-order valence-corrected chi connectivity index (χ1v) is 53.9. The maximum absolute atomic E-state index is 11.9. The minimum Gasteiger partial charge on any atom is -0.497 e. The van der Waals surface area contributed by atoms with E-state index in [-0.39, 0.29) is 99.0 Å². The molecular formula is C116H158Cl2N6O23P2. The maximum atomic E-state index is 11.9. The van der Waals surface area contributed by atoms with Crippen molar-refractivity contribution in [2.45, 2.75) is 207 Å². The number of imide groups is 1. The molecule has 0 aromatic heterocycles. The average Bonchev–Trinajstić information content (AvgIpc) is 0.918. The summed E-state index contributed by atoms with van der Waals surface area (Å²) in [5.74, 6) is 3.38. The third-order valence-electron chi connectivity index (χ3n) is 23.8. The molecule has 1 aliphatic heterocycles. The van der Waals surface area contributed by atoms with E-state index in [1.54, 1.807) is 63.4 Å². The van der Waals surface area contributed by atoms with Crippen LogP contribution in [0.2, 0.25) is 0 Å². The molecule has 1 heterocycles. The van der Waals surface area contributed by atoms with Crippen LogP contribution in [0.15, 0.2) is 237 Å². The highest BCUT2D eigenvalue weighted by Gasteiger charge is 2.42. The lowest BCUT2D eigenvalue weighted by Gasteiger charge is -2.38. The highest BCUT2D eigenvalue weighted by atomic mass is 35.7. The van der Waals surface area contributed by atoms with Gasteiger partial charge in [-0.2, -0.15) is 5.26 Å². The number of hydrogen-bond acceptors (Lipinski definition) is 27. The van der Waals surface area contributed by atoms with Gasteiger partial charge in [-0.3, -0.25) is 9.59 Å². The summed E-state index contributed by atoms with van der Waals surface area (Å²) in [5.41, 5.74) is 12.0. The number of Topliss-reactive ketones (excluding diaryl/α,β-unsaturated/α-hetero) is 3. The maximum Gasteiger partial charge on any atom is 0.330 e. The SMILES string of the molecule is CC(=O)CCCC(CO)CO.CC(=O)ON1C(=O)CCC1=O.COc1ccc(C(Cl)(c2ccccc2)c2ccc(OC)cc2)cc1.COc1ccc(C(OCC(CCCC(C)=O)COP(OCCC#N)N(C(C)C)C(C)C)(c2ccccc2)c2ccc(OC)cc2)cc1.COc1ccc(C(OCC(CO)CCCC(C)=O)(c2ccccc2)c2ccc(OC)cc2)cc1.NCCC(CO)CO.[C-]#[N+]CCOP(Cl)N(C(C)C)C(C)C. The van der Waals surface area contributed by atoms with E-state index in [2.05, 4.69) is 105 Å². The minimum absolute atomic E-state index is 0.00595. The molecule has 0 aliphatic carbocycles. The van der Waals surface area contributed by atoms with Gasteiger partial charge >= 0.3 is 5.97 Å². The summed E-state index contributed by atoms with van der Waals surface area (Å²) >= 11 is 13.4. The fraction of sp³-hybridized carbons (Fsp3) is 0.466. The fourth-order valence-corrected chi connectivity index (χ4v) is 20.4. The van der Waals surface area contributed by atoms with Crippen LogP contribution in [0, 0.1) is 41.6 Å². The van der Waals surface area contributed by atoms with Gasteiger partial charge in [0.05, 0.1) is 81.6 Å². The number of methoxy groups -OCH3 is 6. The summed E-state index contributed by atoms with van der Waals surface area (Å²) in [4.78, 5) is 72.4. The molecule has 0 spiro atoms. The second-order valence-corrected chi connectivity index (χ2v) is 40.4. The van der Waals surface area contributed by atoms with Crippen molar-refractivity contribution in [1.29, 1.82) is 5.26 Å². The molecule has 1 saturated heterocycles. The quantitative estimate of drug-likeness (QED) is 0.00515.